The summed E-state index contributed by atoms with van der Waals surface area (Å²) in [6.07, 6.45) is 1.79. The van der Waals surface area contributed by atoms with Gasteiger partial charge in [0.2, 0.25) is 0 Å². The lowest BCUT2D eigenvalue weighted by molar-refractivity contribution is 0.0858. The maximum absolute atomic E-state index is 8.78. The van der Waals surface area contributed by atoms with Crippen molar-refractivity contribution in [2.75, 3.05) is 6.61 Å². The smallest absolute Gasteiger partial charge is 0.184 e. The van der Waals surface area contributed by atoms with Gasteiger partial charge in [0.05, 0.1) is 6.10 Å². The van der Waals surface area contributed by atoms with Crippen LogP contribution >= 0.6 is 0 Å². The third-order valence-corrected chi connectivity index (χ3v) is 1.83. The number of aliphatic hydroxyl groups excluding tert-OH is 1. The summed E-state index contributed by atoms with van der Waals surface area (Å²) in [5.41, 5.74) is 0. The molecule has 2 aliphatic rings. The third-order valence-electron chi connectivity index (χ3n) is 1.83. The first-order chi connectivity index (χ1) is 4.38. The first-order valence-electron chi connectivity index (χ1n) is 3.33. The van der Waals surface area contributed by atoms with Crippen molar-refractivity contribution in [2.45, 2.75) is 31.3 Å². The molecule has 2 rings (SSSR count). The Balaban J connectivity index is 1.85. The topological polar surface area (TPSA) is 42.0 Å². The van der Waals surface area contributed by atoms with Crippen LogP contribution in [0.1, 0.15) is 12.8 Å². The summed E-state index contributed by atoms with van der Waals surface area (Å²) < 4.78 is 10.1. The van der Waals surface area contributed by atoms with E-state index in [1.807, 2.05) is 0 Å². The molecule has 3 atom stereocenters. The van der Waals surface area contributed by atoms with Crippen LogP contribution < -0.4 is 0 Å². The molecule has 3 unspecified atom stereocenters. The van der Waals surface area contributed by atoms with Gasteiger partial charge in [0.15, 0.2) is 6.29 Å². The summed E-state index contributed by atoms with van der Waals surface area (Å²) in [6.45, 7) is 0.831. The molecule has 3 nitrogen and oxygen atoms in total. The van der Waals surface area contributed by atoms with Gasteiger partial charge in [0.25, 0.3) is 0 Å². The molecule has 0 spiro atoms. The molecule has 0 aliphatic carbocycles. The van der Waals surface area contributed by atoms with Crippen LogP contribution in [-0.4, -0.2) is 30.2 Å². The summed E-state index contributed by atoms with van der Waals surface area (Å²) in [4.78, 5) is 0. The number of hydrogen-bond donors (Lipinski definition) is 1. The molecule has 0 saturated carbocycles. The molecule has 2 aliphatic heterocycles. The predicted molar refractivity (Wildman–Crippen MR) is 29.9 cm³/mol. The number of hydrogen-bond acceptors (Lipinski definition) is 3. The summed E-state index contributed by atoms with van der Waals surface area (Å²) >= 11 is 0. The van der Waals surface area contributed by atoms with E-state index in [1.54, 1.807) is 0 Å². The maximum atomic E-state index is 8.78. The molecule has 0 bridgehead atoms. The predicted octanol–water partition coefficient (Wildman–Crippen LogP) is -0.117. The van der Waals surface area contributed by atoms with Crippen LogP contribution in [0.3, 0.4) is 0 Å². The second-order valence-corrected chi connectivity index (χ2v) is 2.54. The van der Waals surface area contributed by atoms with E-state index >= 15 is 0 Å². The summed E-state index contributed by atoms with van der Waals surface area (Å²) in [7, 11) is 0. The van der Waals surface area contributed by atoms with E-state index in [9.17, 15) is 0 Å². The largest absolute Gasteiger partial charge is 0.375 e. The van der Waals surface area contributed by atoms with Crippen molar-refractivity contribution in [3.05, 3.63) is 0 Å². The molecule has 52 valence electrons. The molecule has 2 heterocycles. The Morgan fingerprint density at radius 2 is 2.22 bits per heavy atom. The van der Waals surface area contributed by atoms with Gasteiger partial charge < -0.3 is 14.6 Å². The highest BCUT2D eigenvalue weighted by Gasteiger charge is 2.45. The Hall–Kier alpha value is -0.120. The lowest BCUT2D eigenvalue weighted by Crippen LogP contribution is -2.15. The lowest BCUT2D eigenvalue weighted by Gasteiger charge is -2.01. The fourth-order valence-corrected chi connectivity index (χ4v) is 1.25. The van der Waals surface area contributed by atoms with Gasteiger partial charge in [-0.3, -0.25) is 0 Å². The van der Waals surface area contributed by atoms with Crippen molar-refractivity contribution in [3.63, 3.8) is 0 Å². The first-order valence-corrected chi connectivity index (χ1v) is 3.33. The zero-order valence-corrected chi connectivity index (χ0v) is 5.12. The van der Waals surface area contributed by atoms with E-state index in [1.165, 1.54) is 0 Å². The zero-order valence-electron chi connectivity index (χ0n) is 5.12. The van der Waals surface area contributed by atoms with Crippen molar-refractivity contribution in [1.29, 1.82) is 0 Å². The SMILES string of the molecule is OC1OC1C1CCCO1. The lowest BCUT2D eigenvalue weighted by atomic mass is 10.2. The Morgan fingerprint density at radius 3 is 2.67 bits per heavy atom. The first kappa shape index (κ1) is 5.65. The molecular formula is C6H10O3. The van der Waals surface area contributed by atoms with Gasteiger partial charge in [-0.25, -0.2) is 0 Å². The summed E-state index contributed by atoms with van der Waals surface area (Å²) in [5.74, 6) is 0. The maximum Gasteiger partial charge on any atom is 0.184 e. The van der Waals surface area contributed by atoms with Gasteiger partial charge in [-0.1, -0.05) is 0 Å². The standard InChI is InChI=1S/C6H10O3/c7-6-5(9-6)4-2-1-3-8-4/h4-7H,1-3H2. The molecule has 0 aromatic rings. The van der Waals surface area contributed by atoms with Crippen LogP contribution in [0.5, 0.6) is 0 Å². The molecule has 1 N–H and O–H groups in total. The van der Waals surface area contributed by atoms with Crippen molar-refractivity contribution in [1.82, 2.24) is 0 Å². The van der Waals surface area contributed by atoms with Gasteiger partial charge >= 0.3 is 0 Å². The van der Waals surface area contributed by atoms with Crippen molar-refractivity contribution in [2.24, 2.45) is 0 Å². The summed E-state index contributed by atoms with van der Waals surface area (Å²) in [5, 5.41) is 8.78. The van der Waals surface area contributed by atoms with Crippen molar-refractivity contribution < 1.29 is 14.6 Å². The highest BCUT2D eigenvalue weighted by atomic mass is 16.7. The van der Waals surface area contributed by atoms with Crippen molar-refractivity contribution in [3.8, 4) is 0 Å². The summed E-state index contributed by atoms with van der Waals surface area (Å²) in [6, 6.07) is 0. The second-order valence-electron chi connectivity index (χ2n) is 2.54. The fourth-order valence-electron chi connectivity index (χ4n) is 1.25. The van der Waals surface area contributed by atoms with Gasteiger partial charge in [0.1, 0.15) is 6.10 Å². The Bertz CT molecular complexity index is 109. The van der Waals surface area contributed by atoms with Crippen LogP contribution in [0.25, 0.3) is 0 Å². The van der Waals surface area contributed by atoms with Gasteiger partial charge in [0, 0.05) is 6.61 Å². The van der Waals surface area contributed by atoms with Crippen LogP contribution in [0.15, 0.2) is 0 Å². The highest BCUT2D eigenvalue weighted by molar-refractivity contribution is 4.86. The van der Waals surface area contributed by atoms with Crippen LogP contribution in [0.4, 0.5) is 0 Å². The second kappa shape index (κ2) is 1.94. The van der Waals surface area contributed by atoms with Gasteiger partial charge in [-0.2, -0.15) is 0 Å². The molecule has 3 heteroatoms. The average molecular weight is 130 g/mol. The van der Waals surface area contributed by atoms with E-state index in [0.29, 0.717) is 0 Å². The van der Waals surface area contributed by atoms with Crippen LogP contribution in [0.2, 0.25) is 0 Å². The molecule has 9 heavy (non-hydrogen) atoms. The molecule has 0 amide bonds. The van der Waals surface area contributed by atoms with Gasteiger partial charge in [-0.15, -0.1) is 0 Å². The number of epoxide rings is 1. The minimum Gasteiger partial charge on any atom is -0.375 e. The van der Waals surface area contributed by atoms with E-state index in [2.05, 4.69) is 0 Å². The minimum atomic E-state index is -0.534. The number of ether oxygens (including phenoxy) is 2. The molecule has 2 saturated heterocycles. The molecular weight excluding hydrogens is 120 g/mol. The fraction of sp³-hybridized carbons (Fsp3) is 1.00. The minimum absolute atomic E-state index is 0.00694. The Kier molecular flexibility index (Phi) is 1.22. The van der Waals surface area contributed by atoms with E-state index in [-0.39, 0.29) is 12.2 Å². The quantitative estimate of drug-likeness (QED) is 0.503. The molecule has 2 fully saturated rings. The highest BCUT2D eigenvalue weighted by Crippen LogP contribution is 2.30. The van der Waals surface area contributed by atoms with Crippen LogP contribution in [0, 0.1) is 0 Å². The molecule has 0 aromatic heterocycles. The van der Waals surface area contributed by atoms with E-state index in [4.69, 9.17) is 14.6 Å². The zero-order chi connectivity index (χ0) is 6.27. The van der Waals surface area contributed by atoms with Crippen LogP contribution in [-0.2, 0) is 9.47 Å². The Morgan fingerprint density at radius 1 is 1.44 bits per heavy atom. The van der Waals surface area contributed by atoms with Crippen molar-refractivity contribution >= 4 is 0 Å². The normalized spacial score (nSPS) is 49.7. The van der Waals surface area contributed by atoms with E-state index < -0.39 is 6.29 Å². The van der Waals surface area contributed by atoms with Gasteiger partial charge in [-0.05, 0) is 12.8 Å². The monoisotopic (exact) mass is 130 g/mol. The number of aliphatic hydroxyl groups is 1. The third kappa shape index (κ3) is 0.956. The van der Waals surface area contributed by atoms with E-state index in [0.717, 1.165) is 19.4 Å². The molecule has 0 radical (unpaired) electrons. The number of rotatable bonds is 1. The Labute approximate surface area is 53.6 Å². The average Bonchev–Trinajstić information content (AvgIpc) is 2.44. The molecule has 0 aromatic carbocycles.